The third-order valence-electron chi connectivity index (χ3n) is 5.69. The average Bonchev–Trinajstić information content (AvgIpc) is 2.84. The first-order valence-corrected chi connectivity index (χ1v) is 8.54. The number of rotatable bonds is 9. The molecule has 0 aromatic carbocycles. The lowest BCUT2D eigenvalue weighted by atomic mass is 8.52. The summed E-state index contributed by atoms with van der Waals surface area (Å²) in [7, 11) is 56.2. The molecule has 20 radical (unpaired) electrons. The Bertz CT molecular complexity index is 356. The minimum absolute atomic E-state index is 0.107. The summed E-state index contributed by atoms with van der Waals surface area (Å²) in [6.45, 7) is 2.60. The second-order valence-corrected chi connectivity index (χ2v) is 7.30. The van der Waals surface area contributed by atoms with Crippen molar-refractivity contribution >= 4 is 142 Å². The maximum atomic E-state index is 6.10. The van der Waals surface area contributed by atoms with Gasteiger partial charge in [-0.25, -0.2) is 0 Å². The third-order valence-corrected chi connectivity index (χ3v) is 5.69. The van der Waals surface area contributed by atoms with Crippen LogP contribution in [0.1, 0.15) is 6.92 Å². The third kappa shape index (κ3) is 5.65. The second kappa shape index (κ2) is 10.6. The first-order chi connectivity index (χ1) is 11.1. The van der Waals surface area contributed by atoms with E-state index in [1.807, 2.05) is 0 Å². The van der Waals surface area contributed by atoms with E-state index < -0.39 is 19.2 Å². The Morgan fingerprint density at radius 2 is 1.38 bits per heavy atom. The predicted molar refractivity (Wildman–Crippen MR) is 134 cm³/mol. The van der Waals surface area contributed by atoms with Gasteiger partial charge in [-0.1, -0.05) is 19.1 Å². The molecule has 0 bridgehead atoms. The quantitative estimate of drug-likeness (QED) is 0.367. The highest BCUT2D eigenvalue weighted by Crippen LogP contribution is 2.34. The Kier molecular flexibility index (Phi) is 10.3. The fourth-order valence-electron chi connectivity index (χ4n) is 4.54. The molecule has 0 saturated carbocycles. The molecule has 0 amide bonds. The second-order valence-electron chi connectivity index (χ2n) is 7.30. The molecule has 1 unspecified atom stereocenters. The van der Waals surface area contributed by atoms with Crippen molar-refractivity contribution in [3.63, 3.8) is 0 Å². The van der Waals surface area contributed by atoms with Crippen molar-refractivity contribution < 1.29 is 0 Å². The molecular formula is C4H8B20. The first-order valence-electron chi connectivity index (χ1n) is 8.54. The molecule has 1 fully saturated rings. The zero-order chi connectivity index (χ0) is 18.6. The van der Waals surface area contributed by atoms with Gasteiger partial charge in [0.15, 0.2) is 0 Å². The molecule has 0 nitrogen and oxygen atoms in total. The molecule has 1 saturated heterocycles. The molecule has 1 aliphatic rings. The van der Waals surface area contributed by atoms with Crippen molar-refractivity contribution in [2.45, 2.75) is 25.3 Å². The van der Waals surface area contributed by atoms with Crippen LogP contribution >= 0.6 is 0 Å². The molecule has 1 aliphatic heterocycles. The SMILES string of the molecule is [B][B]B([B])B(B([B])[B])B1CB(B(B([B])[B])B([B][B])B([B])[B])C(C)C1. The van der Waals surface area contributed by atoms with Crippen LogP contribution in [0.3, 0.4) is 0 Å². The highest BCUT2D eigenvalue weighted by atomic mass is 13.9. The topological polar surface area (TPSA) is 0 Å². The number of hydrogen-bond donors (Lipinski definition) is 0. The Balaban J connectivity index is 3.00. The molecule has 84 valence electrons. The normalized spacial score (nSPS) is 16.3. The largest absolute Gasteiger partial charge is 0.109 e. The van der Waals surface area contributed by atoms with Crippen molar-refractivity contribution in [3.8, 4) is 0 Å². The summed E-state index contributed by atoms with van der Waals surface area (Å²) in [5.74, 6) is 0.349. The molecule has 0 aromatic heterocycles. The lowest BCUT2D eigenvalue weighted by Crippen LogP contribution is -2.69. The van der Waals surface area contributed by atoms with Crippen LogP contribution < -0.4 is 0 Å². The van der Waals surface area contributed by atoms with E-state index in [0.717, 1.165) is 12.5 Å². The highest BCUT2D eigenvalue weighted by molar-refractivity contribution is 8.04. The first kappa shape index (κ1) is 23.3. The van der Waals surface area contributed by atoms with E-state index in [2.05, 4.69) is 6.92 Å². The zero-order valence-electron chi connectivity index (χ0n) is 14.5. The van der Waals surface area contributed by atoms with E-state index in [9.17, 15) is 0 Å². The van der Waals surface area contributed by atoms with Gasteiger partial charge >= 0.3 is 0 Å². The molecule has 0 spiro atoms. The smallest absolute Gasteiger partial charge is 0.0847 e. The van der Waals surface area contributed by atoms with Crippen molar-refractivity contribution in [3.05, 3.63) is 0 Å². The minimum atomic E-state index is -0.618. The molecule has 0 aromatic rings. The van der Waals surface area contributed by atoms with Crippen LogP contribution in [0.4, 0.5) is 0 Å². The van der Waals surface area contributed by atoms with Gasteiger partial charge < -0.3 is 0 Å². The van der Waals surface area contributed by atoms with Crippen LogP contribution in [0.15, 0.2) is 0 Å². The lowest BCUT2D eigenvalue weighted by Gasteiger charge is -2.34. The van der Waals surface area contributed by atoms with Crippen LogP contribution in [0.25, 0.3) is 0 Å². The maximum Gasteiger partial charge on any atom is 0.0847 e. The Hall–Kier alpha value is 1.30. The van der Waals surface area contributed by atoms with E-state index in [0.29, 0.717) is 5.82 Å². The fraction of sp³-hybridized carbons (Fsp3) is 1.00. The fourth-order valence-corrected chi connectivity index (χ4v) is 4.54. The van der Waals surface area contributed by atoms with E-state index in [4.69, 9.17) is 69.6 Å². The predicted octanol–water partition coefficient (Wildman–Crippen LogP) is -5.84. The van der Waals surface area contributed by atoms with Crippen molar-refractivity contribution in [2.75, 3.05) is 0 Å². The summed E-state index contributed by atoms with van der Waals surface area (Å²) < 4.78 is 0. The van der Waals surface area contributed by atoms with Crippen LogP contribution in [0.5, 0.6) is 0 Å². The minimum Gasteiger partial charge on any atom is -0.109 e. The Morgan fingerprint density at radius 3 is 1.75 bits per heavy atom. The van der Waals surface area contributed by atoms with Crippen molar-refractivity contribution in [1.82, 2.24) is 0 Å². The summed E-state index contributed by atoms with van der Waals surface area (Å²) in [5, 5.41) is 0. The van der Waals surface area contributed by atoms with E-state index in [1.54, 1.807) is 0 Å². The zero-order valence-corrected chi connectivity index (χ0v) is 14.5. The van der Waals surface area contributed by atoms with Crippen molar-refractivity contribution in [1.29, 1.82) is 0 Å². The van der Waals surface area contributed by atoms with E-state index >= 15 is 0 Å². The summed E-state index contributed by atoms with van der Waals surface area (Å²) in [4.78, 5) is 0. The Labute approximate surface area is 166 Å². The van der Waals surface area contributed by atoms with Gasteiger partial charge in [-0.15, -0.1) is 6.22 Å². The summed E-state index contributed by atoms with van der Waals surface area (Å²) >= 11 is 0. The molecule has 1 heterocycles. The average molecular weight is 272 g/mol. The lowest BCUT2D eigenvalue weighted by molar-refractivity contribution is 1.06. The van der Waals surface area contributed by atoms with Gasteiger partial charge in [0.2, 0.25) is 0 Å². The Morgan fingerprint density at radius 1 is 0.833 bits per heavy atom. The standard InChI is InChI=1S/C4H8B20/c1-4-2-16(23(19(9)10)21(13)14-5)3-17(4)24(20(11)12)22(15-6)18(7)8/h4H,2-3H2,1H3. The van der Waals surface area contributed by atoms with Gasteiger partial charge in [0, 0.05) is 128 Å². The molecule has 0 N–H and O–H groups in total. The molecular weight excluding hydrogens is 264 g/mol. The molecule has 1 rings (SSSR count). The van der Waals surface area contributed by atoms with Gasteiger partial charge in [-0.3, -0.25) is 0 Å². The van der Waals surface area contributed by atoms with Crippen LogP contribution in [-0.4, -0.2) is 142 Å². The maximum absolute atomic E-state index is 6.10. The van der Waals surface area contributed by atoms with Gasteiger partial charge in [-0.2, -0.15) is 0 Å². The summed E-state index contributed by atoms with van der Waals surface area (Å²) in [6, 6.07) is 0. The van der Waals surface area contributed by atoms with Gasteiger partial charge in [0.1, 0.15) is 0 Å². The molecule has 24 heavy (non-hydrogen) atoms. The van der Waals surface area contributed by atoms with E-state index in [-0.39, 0.29) is 38.7 Å². The van der Waals surface area contributed by atoms with Crippen LogP contribution in [0, 0.1) is 0 Å². The van der Waals surface area contributed by atoms with Crippen molar-refractivity contribution in [2.24, 2.45) is 0 Å². The van der Waals surface area contributed by atoms with Gasteiger partial charge in [-0.05, 0) is 0 Å². The van der Waals surface area contributed by atoms with Crippen LogP contribution in [-0.2, 0) is 0 Å². The molecule has 0 aliphatic carbocycles. The highest BCUT2D eigenvalue weighted by Gasteiger charge is 2.48. The molecule has 20 heteroatoms. The molecule has 1 atom stereocenters. The monoisotopic (exact) mass is 276 g/mol. The summed E-state index contributed by atoms with van der Waals surface area (Å²) in [6.07, 6.45) is -0.840. The number of hydrogen-bond acceptors (Lipinski definition) is 0. The van der Waals surface area contributed by atoms with E-state index in [1.165, 1.54) is 14.1 Å². The van der Waals surface area contributed by atoms with Crippen LogP contribution in [0.2, 0.25) is 18.4 Å². The van der Waals surface area contributed by atoms with Gasteiger partial charge in [0.05, 0.1) is 13.2 Å². The summed E-state index contributed by atoms with van der Waals surface area (Å²) in [5.41, 5.74) is 0. The van der Waals surface area contributed by atoms with Gasteiger partial charge in [0.25, 0.3) is 0 Å².